The molecule has 0 aliphatic rings. The van der Waals surface area contributed by atoms with Crippen molar-refractivity contribution in [3.63, 3.8) is 0 Å². The summed E-state index contributed by atoms with van der Waals surface area (Å²) in [4.78, 5) is 23.6. The highest BCUT2D eigenvalue weighted by molar-refractivity contribution is 7.89. The Balaban J connectivity index is 1.72. The zero-order valence-electron chi connectivity index (χ0n) is 16.4. The van der Waals surface area contributed by atoms with Gasteiger partial charge in [0.1, 0.15) is 16.2 Å². The van der Waals surface area contributed by atoms with E-state index in [9.17, 15) is 18.0 Å². The molecule has 3 aromatic rings. The highest BCUT2D eigenvalue weighted by Crippen LogP contribution is 2.27. The summed E-state index contributed by atoms with van der Waals surface area (Å²) in [5.74, 6) is -0.158. The molecule has 2 aromatic carbocycles. The number of carbonyl (C=O) groups excluding carboxylic acids is 1. The third kappa shape index (κ3) is 4.64. The van der Waals surface area contributed by atoms with Crippen molar-refractivity contribution >= 4 is 44.2 Å². The van der Waals surface area contributed by atoms with Crippen LogP contribution >= 0.6 is 11.6 Å². The number of ether oxygens (including phenoxy) is 1. The van der Waals surface area contributed by atoms with Crippen LogP contribution in [0.4, 0.5) is 5.69 Å². The Bertz CT molecular complexity index is 1280. The number of nitrogens with one attached hydrogen (secondary N) is 1. The van der Waals surface area contributed by atoms with Gasteiger partial charge in [0.25, 0.3) is 5.91 Å². The fourth-order valence-electron chi connectivity index (χ4n) is 2.72. The van der Waals surface area contributed by atoms with Crippen molar-refractivity contribution in [1.29, 1.82) is 0 Å². The molecule has 0 atom stereocenters. The lowest BCUT2D eigenvalue weighted by atomic mass is 10.1. The van der Waals surface area contributed by atoms with Crippen LogP contribution < -0.4 is 15.7 Å². The highest BCUT2D eigenvalue weighted by atomic mass is 35.5. The van der Waals surface area contributed by atoms with Crippen LogP contribution in [0.5, 0.6) is 5.75 Å². The summed E-state index contributed by atoms with van der Waals surface area (Å²) < 4.78 is 36.3. The van der Waals surface area contributed by atoms with E-state index in [1.807, 2.05) is 0 Å². The van der Waals surface area contributed by atoms with E-state index in [4.69, 9.17) is 20.8 Å². The van der Waals surface area contributed by atoms with Crippen molar-refractivity contribution in [1.82, 2.24) is 4.31 Å². The third-order valence-electron chi connectivity index (χ3n) is 4.27. The molecule has 8 nitrogen and oxygen atoms in total. The van der Waals surface area contributed by atoms with Gasteiger partial charge in [-0.1, -0.05) is 11.6 Å². The quantitative estimate of drug-likeness (QED) is 0.578. The SMILES string of the molecule is Cc1cc(=O)oc2cc(OCC(=O)Nc3ccc(Cl)c(S(=O)(=O)N(C)C)c3)ccc12. The van der Waals surface area contributed by atoms with Crippen molar-refractivity contribution < 1.29 is 22.4 Å². The van der Waals surface area contributed by atoms with Crippen molar-refractivity contribution in [2.24, 2.45) is 0 Å². The fraction of sp³-hybridized carbons (Fsp3) is 0.200. The van der Waals surface area contributed by atoms with Crippen LogP contribution in [-0.2, 0) is 14.8 Å². The first-order valence-electron chi connectivity index (χ1n) is 8.77. The average Bonchev–Trinajstić information content (AvgIpc) is 2.67. The molecule has 0 aliphatic heterocycles. The normalized spacial score (nSPS) is 11.6. The first-order chi connectivity index (χ1) is 14.1. The summed E-state index contributed by atoms with van der Waals surface area (Å²) in [5, 5.41) is 3.38. The molecule has 1 amide bonds. The summed E-state index contributed by atoms with van der Waals surface area (Å²) in [7, 11) is -0.993. The Labute approximate surface area is 178 Å². The first kappa shape index (κ1) is 21.8. The third-order valence-corrected chi connectivity index (χ3v) is 6.56. The predicted molar refractivity (Wildman–Crippen MR) is 114 cm³/mol. The van der Waals surface area contributed by atoms with Crippen molar-refractivity contribution in [3.05, 3.63) is 63.5 Å². The molecule has 0 aliphatic carbocycles. The molecule has 3 rings (SSSR count). The van der Waals surface area contributed by atoms with Gasteiger partial charge >= 0.3 is 5.63 Å². The fourth-order valence-corrected chi connectivity index (χ4v) is 4.11. The van der Waals surface area contributed by atoms with Crippen LogP contribution in [0.3, 0.4) is 0 Å². The van der Waals surface area contributed by atoms with Crippen molar-refractivity contribution in [3.8, 4) is 5.75 Å². The molecule has 0 saturated carbocycles. The number of amides is 1. The van der Waals surface area contributed by atoms with Gasteiger partial charge < -0.3 is 14.5 Å². The van der Waals surface area contributed by atoms with Gasteiger partial charge in [0.2, 0.25) is 10.0 Å². The van der Waals surface area contributed by atoms with Gasteiger partial charge in [-0.2, -0.15) is 0 Å². The van der Waals surface area contributed by atoms with E-state index in [0.29, 0.717) is 11.3 Å². The molecule has 0 spiro atoms. The molecular formula is C20H19ClN2O6S. The molecule has 1 heterocycles. The number of benzene rings is 2. The monoisotopic (exact) mass is 450 g/mol. The molecule has 0 saturated heterocycles. The standard InChI is InChI=1S/C20H19ClN2O6S/c1-12-8-20(25)29-17-10-14(5-6-15(12)17)28-11-19(24)22-13-4-7-16(21)18(9-13)30(26,27)23(2)3/h4-10H,11H2,1-3H3,(H,22,24). The summed E-state index contributed by atoms with van der Waals surface area (Å²) in [6.07, 6.45) is 0. The van der Waals surface area contributed by atoms with Gasteiger partial charge in [-0.3, -0.25) is 4.79 Å². The maximum absolute atomic E-state index is 12.3. The molecule has 30 heavy (non-hydrogen) atoms. The Morgan fingerprint density at radius 1 is 1.17 bits per heavy atom. The maximum atomic E-state index is 12.3. The number of rotatable bonds is 6. The van der Waals surface area contributed by atoms with E-state index in [1.165, 1.54) is 44.4 Å². The number of fused-ring (bicyclic) bond motifs is 1. The van der Waals surface area contributed by atoms with E-state index < -0.39 is 21.6 Å². The smallest absolute Gasteiger partial charge is 0.336 e. The zero-order chi connectivity index (χ0) is 22.1. The molecule has 1 aromatic heterocycles. The Morgan fingerprint density at radius 3 is 2.60 bits per heavy atom. The molecule has 10 heteroatoms. The highest BCUT2D eigenvalue weighted by Gasteiger charge is 2.21. The number of hydrogen-bond acceptors (Lipinski definition) is 6. The number of sulfonamides is 1. The lowest BCUT2D eigenvalue weighted by Crippen LogP contribution is -2.23. The molecule has 0 unspecified atom stereocenters. The summed E-state index contributed by atoms with van der Waals surface area (Å²) in [6, 6.07) is 10.5. The number of anilines is 1. The second-order valence-corrected chi connectivity index (χ2v) is 9.20. The second-order valence-electron chi connectivity index (χ2n) is 6.68. The molecule has 158 valence electrons. The average molecular weight is 451 g/mol. The Kier molecular flexibility index (Phi) is 6.16. The van der Waals surface area contributed by atoms with Gasteiger partial charge in [0, 0.05) is 37.3 Å². The minimum atomic E-state index is -3.77. The lowest BCUT2D eigenvalue weighted by molar-refractivity contribution is -0.118. The predicted octanol–water partition coefficient (Wildman–Crippen LogP) is 3.02. The van der Waals surface area contributed by atoms with E-state index in [0.717, 1.165) is 15.3 Å². The summed E-state index contributed by atoms with van der Waals surface area (Å²) in [5.41, 5.74) is 0.917. The number of carbonyl (C=O) groups is 1. The summed E-state index contributed by atoms with van der Waals surface area (Å²) >= 11 is 6.00. The number of nitrogens with zero attached hydrogens (tertiary/aromatic N) is 1. The number of halogens is 1. The largest absolute Gasteiger partial charge is 0.484 e. The van der Waals surface area contributed by atoms with E-state index in [2.05, 4.69) is 5.32 Å². The van der Waals surface area contributed by atoms with Crippen LogP contribution in [0.15, 0.2) is 56.6 Å². The molecule has 0 fully saturated rings. The topological polar surface area (TPSA) is 106 Å². The van der Waals surface area contributed by atoms with Crippen molar-refractivity contribution in [2.75, 3.05) is 26.0 Å². The Morgan fingerprint density at radius 2 is 1.90 bits per heavy atom. The summed E-state index contributed by atoms with van der Waals surface area (Å²) in [6.45, 7) is 1.46. The minimum absolute atomic E-state index is 0.0471. The van der Waals surface area contributed by atoms with Gasteiger partial charge in [-0.15, -0.1) is 0 Å². The van der Waals surface area contributed by atoms with Crippen LogP contribution in [-0.4, -0.2) is 39.3 Å². The molecular weight excluding hydrogens is 432 g/mol. The number of hydrogen-bond donors (Lipinski definition) is 1. The van der Waals surface area contributed by atoms with Crippen molar-refractivity contribution in [2.45, 2.75) is 11.8 Å². The van der Waals surface area contributed by atoms with Crippen LogP contribution in [0, 0.1) is 6.92 Å². The zero-order valence-corrected chi connectivity index (χ0v) is 18.0. The second kappa shape index (κ2) is 8.47. The first-order valence-corrected chi connectivity index (χ1v) is 10.6. The lowest BCUT2D eigenvalue weighted by Gasteiger charge is -2.14. The minimum Gasteiger partial charge on any atom is -0.484 e. The maximum Gasteiger partial charge on any atom is 0.336 e. The van der Waals surface area contributed by atoms with E-state index in [1.54, 1.807) is 19.1 Å². The van der Waals surface area contributed by atoms with Crippen LogP contribution in [0.25, 0.3) is 11.0 Å². The van der Waals surface area contributed by atoms with E-state index in [-0.39, 0.29) is 22.2 Å². The van der Waals surface area contributed by atoms with Gasteiger partial charge in [-0.25, -0.2) is 17.5 Å². The van der Waals surface area contributed by atoms with Gasteiger partial charge in [0.05, 0.1) is 5.02 Å². The molecule has 0 bridgehead atoms. The van der Waals surface area contributed by atoms with Gasteiger partial charge in [0.15, 0.2) is 6.61 Å². The number of aryl methyl sites for hydroxylation is 1. The van der Waals surface area contributed by atoms with Gasteiger partial charge in [-0.05, 0) is 42.8 Å². The van der Waals surface area contributed by atoms with E-state index >= 15 is 0 Å². The van der Waals surface area contributed by atoms with Crippen LogP contribution in [0.2, 0.25) is 5.02 Å². The van der Waals surface area contributed by atoms with Crippen LogP contribution in [0.1, 0.15) is 5.56 Å². The molecule has 1 N–H and O–H groups in total. The molecule has 0 radical (unpaired) electrons. The Hall–Kier alpha value is -2.88.